The van der Waals surface area contributed by atoms with Gasteiger partial charge < -0.3 is 15.8 Å². The van der Waals surface area contributed by atoms with Gasteiger partial charge in [-0.05, 0) is 40.2 Å². The van der Waals surface area contributed by atoms with Crippen LogP contribution in [0.2, 0.25) is 0 Å². The minimum Gasteiger partial charge on any atom is -0.457 e. The first-order valence-electron chi connectivity index (χ1n) is 5.81. The van der Waals surface area contributed by atoms with Gasteiger partial charge in [0.15, 0.2) is 0 Å². The minimum atomic E-state index is -0.455. The minimum absolute atomic E-state index is 0.110. The maximum absolute atomic E-state index is 11.9. The lowest BCUT2D eigenvalue weighted by atomic mass is 10.0. The topological polar surface area (TPSA) is 64.3 Å². The Morgan fingerprint density at radius 1 is 1.56 bits per heavy atom. The summed E-state index contributed by atoms with van der Waals surface area (Å²) in [5.41, 5.74) is 5.71. The number of nitrogens with two attached hydrogens (primary N) is 1. The molecular weight excluding hydrogens is 204 g/mol. The average molecular weight is 226 g/mol. The molecule has 0 aromatic rings. The van der Waals surface area contributed by atoms with Crippen molar-refractivity contribution in [2.45, 2.75) is 45.3 Å². The molecular formula is C12H22N2O2. The van der Waals surface area contributed by atoms with E-state index in [4.69, 9.17) is 10.5 Å². The van der Waals surface area contributed by atoms with E-state index < -0.39 is 5.60 Å². The monoisotopic (exact) mass is 226 g/mol. The highest BCUT2D eigenvalue weighted by atomic mass is 16.6. The standard InChI is InChI=1S/C12H22N2O2/c1-12(2,3)16-11(15)9(6-7-13)10-5-4-8-14-10/h6,10,14H,4-5,7-8,13H2,1-3H3. The molecule has 0 aliphatic carbocycles. The van der Waals surface area contributed by atoms with Crippen LogP contribution in [-0.2, 0) is 9.53 Å². The Morgan fingerprint density at radius 3 is 2.69 bits per heavy atom. The summed E-state index contributed by atoms with van der Waals surface area (Å²) in [6.07, 6.45) is 3.83. The SMILES string of the molecule is CC(C)(C)OC(=O)C(=CCN)C1CCCN1. The predicted molar refractivity (Wildman–Crippen MR) is 64.0 cm³/mol. The lowest BCUT2D eigenvalue weighted by Gasteiger charge is -2.22. The van der Waals surface area contributed by atoms with Crippen molar-refractivity contribution in [3.8, 4) is 0 Å². The highest BCUT2D eigenvalue weighted by Crippen LogP contribution is 2.18. The number of ether oxygens (including phenoxy) is 1. The Kier molecular flexibility index (Phi) is 4.50. The molecule has 16 heavy (non-hydrogen) atoms. The molecule has 1 saturated heterocycles. The second-order valence-corrected chi connectivity index (χ2v) is 5.05. The summed E-state index contributed by atoms with van der Waals surface area (Å²) in [6.45, 7) is 6.93. The van der Waals surface area contributed by atoms with Crippen LogP contribution in [0.15, 0.2) is 11.6 Å². The molecule has 1 fully saturated rings. The van der Waals surface area contributed by atoms with Crippen molar-refractivity contribution in [2.75, 3.05) is 13.1 Å². The van der Waals surface area contributed by atoms with Crippen molar-refractivity contribution >= 4 is 5.97 Å². The highest BCUT2D eigenvalue weighted by molar-refractivity contribution is 5.90. The summed E-state index contributed by atoms with van der Waals surface area (Å²) in [6, 6.07) is 0.110. The van der Waals surface area contributed by atoms with Gasteiger partial charge in [-0.2, -0.15) is 0 Å². The van der Waals surface area contributed by atoms with Gasteiger partial charge in [0, 0.05) is 12.6 Å². The van der Waals surface area contributed by atoms with Gasteiger partial charge in [0.05, 0.1) is 5.57 Å². The second kappa shape index (κ2) is 5.46. The van der Waals surface area contributed by atoms with Crippen LogP contribution < -0.4 is 11.1 Å². The zero-order valence-corrected chi connectivity index (χ0v) is 10.4. The summed E-state index contributed by atoms with van der Waals surface area (Å²) in [4.78, 5) is 11.9. The summed E-state index contributed by atoms with van der Waals surface area (Å²) in [7, 11) is 0. The third-order valence-electron chi connectivity index (χ3n) is 2.41. The van der Waals surface area contributed by atoms with Crippen molar-refractivity contribution in [3.05, 3.63) is 11.6 Å². The van der Waals surface area contributed by atoms with Crippen LogP contribution in [0.1, 0.15) is 33.6 Å². The first-order valence-corrected chi connectivity index (χ1v) is 5.81. The molecule has 0 saturated carbocycles. The number of carbonyl (C=O) groups is 1. The lowest BCUT2D eigenvalue weighted by Crippen LogP contribution is -2.33. The number of rotatable bonds is 3. The van der Waals surface area contributed by atoms with Gasteiger partial charge in [-0.3, -0.25) is 0 Å². The molecule has 1 heterocycles. The average Bonchev–Trinajstić information content (AvgIpc) is 2.63. The molecule has 0 radical (unpaired) electrons. The molecule has 4 nitrogen and oxygen atoms in total. The quantitative estimate of drug-likeness (QED) is 0.556. The van der Waals surface area contributed by atoms with Crippen LogP contribution in [0.25, 0.3) is 0 Å². The fourth-order valence-corrected chi connectivity index (χ4v) is 1.78. The molecule has 0 aromatic carbocycles. The molecule has 1 aliphatic heterocycles. The largest absolute Gasteiger partial charge is 0.457 e. The molecule has 3 N–H and O–H groups in total. The third kappa shape index (κ3) is 3.94. The number of hydrogen-bond donors (Lipinski definition) is 2. The Hall–Kier alpha value is -0.870. The summed E-state index contributed by atoms with van der Waals surface area (Å²) >= 11 is 0. The van der Waals surface area contributed by atoms with Gasteiger partial charge in [-0.15, -0.1) is 0 Å². The van der Waals surface area contributed by atoms with Crippen LogP contribution in [0.3, 0.4) is 0 Å². The Labute approximate surface area is 97.2 Å². The number of hydrogen-bond acceptors (Lipinski definition) is 4. The summed E-state index contributed by atoms with van der Waals surface area (Å²) in [5, 5.41) is 3.28. The van der Waals surface area contributed by atoms with E-state index in [1.165, 1.54) is 0 Å². The number of carbonyl (C=O) groups excluding carboxylic acids is 1. The molecule has 92 valence electrons. The molecule has 1 unspecified atom stereocenters. The number of esters is 1. The predicted octanol–water partition coefficient (Wildman–Crippen LogP) is 0.965. The fraction of sp³-hybridized carbons (Fsp3) is 0.750. The van der Waals surface area contributed by atoms with E-state index in [-0.39, 0.29) is 12.0 Å². The molecule has 1 rings (SSSR count). The van der Waals surface area contributed by atoms with Crippen LogP contribution in [0.5, 0.6) is 0 Å². The molecule has 4 heteroatoms. The van der Waals surface area contributed by atoms with E-state index in [1.54, 1.807) is 6.08 Å². The Morgan fingerprint density at radius 2 is 2.25 bits per heavy atom. The van der Waals surface area contributed by atoms with E-state index >= 15 is 0 Å². The maximum Gasteiger partial charge on any atom is 0.335 e. The molecule has 0 aromatic heterocycles. The van der Waals surface area contributed by atoms with Crippen molar-refractivity contribution in [1.82, 2.24) is 5.32 Å². The van der Waals surface area contributed by atoms with E-state index in [0.29, 0.717) is 12.1 Å². The molecule has 1 atom stereocenters. The zero-order valence-electron chi connectivity index (χ0n) is 10.4. The van der Waals surface area contributed by atoms with Crippen LogP contribution >= 0.6 is 0 Å². The molecule has 0 bridgehead atoms. The normalized spacial score (nSPS) is 22.2. The van der Waals surface area contributed by atoms with Crippen molar-refractivity contribution in [2.24, 2.45) is 5.73 Å². The van der Waals surface area contributed by atoms with Crippen LogP contribution in [-0.4, -0.2) is 30.7 Å². The summed E-state index contributed by atoms with van der Waals surface area (Å²) in [5.74, 6) is -0.252. The van der Waals surface area contributed by atoms with E-state index in [2.05, 4.69) is 5.32 Å². The second-order valence-electron chi connectivity index (χ2n) is 5.05. The van der Waals surface area contributed by atoms with E-state index in [0.717, 1.165) is 19.4 Å². The number of nitrogens with one attached hydrogen (secondary N) is 1. The smallest absolute Gasteiger partial charge is 0.335 e. The molecule has 0 spiro atoms. The maximum atomic E-state index is 11.9. The van der Waals surface area contributed by atoms with Crippen molar-refractivity contribution < 1.29 is 9.53 Å². The highest BCUT2D eigenvalue weighted by Gasteiger charge is 2.27. The van der Waals surface area contributed by atoms with Gasteiger partial charge in [-0.25, -0.2) is 4.79 Å². The van der Waals surface area contributed by atoms with E-state index in [1.807, 2.05) is 20.8 Å². The van der Waals surface area contributed by atoms with Crippen LogP contribution in [0.4, 0.5) is 0 Å². The molecule has 1 aliphatic rings. The summed E-state index contributed by atoms with van der Waals surface area (Å²) < 4.78 is 5.36. The van der Waals surface area contributed by atoms with Gasteiger partial charge in [0.2, 0.25) is 0 Å². The zero-order chi connectivity index (χ0) is 12.2. The van der Waals surface area contributed by atoms with E-state index in [9.17, 15) is 4.79 Å². The first-order chi connectivity index (χ1) is 7.44. The Bertz CT molecular complexity index is 273. The van der Waals surface area contributed by atoms with Crippen molar-refractivity contribution in [1.29, 1.82) is 0 Å². The Balaban J connectivity index is 2.70. The molecule has 0 amide bonds. The first kappa shape index (κ1) is 13.2. The third-order valence-corrected chi connectivity index (χ3v) is 2.41. The van der Waals surface area contributed by atoms with Gasteiger partial charge >= 0.3 is 5.97 Å². The van der Waals surface area contributed by atoms with Crippen LogP contribution in [0, 0.1) is 0 Å². The van der Waals surface area contributed by atoms with Gasteiger partial charge in [0.1, 0.15) is 5.60 Å². The van der Waals surface area contributed by atoms with Gasteiger partial charge in [0.25, 0.3) is 0 Å². The fourth-order valence-electron chi connectivity index (χ4n) is 1.78. The van der Waals surface area contributed by atoms with Gasteiger partial charge in [-0.1, -0.05) is 6.08 Å². The lowest BCUT2D eigenvalue weighted by molar-refractivity contribution is -0.150. The van der Waals surface area contributed by atoms with Crippen molar-refractivity contribution in [3.63, 3.8) is 0 Å².